The Morgan fingerprint density at radius 3 is 2.39 bits per heavy atom. The Morgan fingerprint density at radius 1 is 1.22 bits per heavy atom. The van der Waals surface area contributed by atoms with Gasteiger partial charge in [0.2, 0.25) is 10.0 Å². The molecule has 2 aliphatic rings. The number of aliphatic imine (C=N–C) groups is 1. The van der Waals surface area contributed by atoms with Gasteiger partial charge < -0.3 is 10.2 Å². The first-order valence-corrected chi connectivity index (χ1v) is 11.2. The third kappa shape index (κ3) is 5.53. The lowest BCUT2D eigenvalue weighted by Crippen LogP contribution is -2.50. The summed E-state index contributed by atoms with van der Waals surface area (Å²) < 4.78 is 26.3. The fourth-order valence-corrected chi connectivity index (χ4v) is 5.91. The zero-order valence-corrected chi connectivity index (χ0v) is 16.1. The van der Waals surface area contributed by atoms with E-state index in [0.29, 0.717) is 31.5 Å². The minimum absolute atomic E-state index is 0.135. The highest BCUT2D eigenvalue weighted by Gasteiger charge is 2.26. The van der Waals surface area contributed by atoms with Crippen molar-refractivity contribution < 1.29 is 8.42 Å². The van der Waals surface area contributed by atoms with Gasteiger partial charge in [-0.25, -0.2) is 12.7 Å². The van der Waals surface area contributed by atoms with E-state index in [1.165, 1.54) is 6.42 Å². The van der Waals surface area contributed by atoms with Gasteiger partial charge in [0.05, 0.1) is 5.75 Å². The van der Waals surface area contributed by atoms with Gasteiger partial charge in [-0.05, 0) is 18.3 Å². The second kappa shape index (κ2) is 8.58. The van der Waals surface area contributed by atoms with Gasteiger partial charge in [-0.2, -0.15) is 11.8 Å². The number of guanidine groups is 1. The predicted molar refractivity (Wildman–Crippen MR) is 98.6 cm³/mol. The third-order valence-corrected chi connectivity index (χ3v) is 7.20. The first-order valence-electron chi connectivity index (χ1n) is 8.43. The molecule has 6 nitrogen and oxygen atoms in total. The fourth-order valence-electron chi connectivity index (χ4n) is 3.41. The molecule has 0 bridgehead atoms. The standard InChI is InChI=1S/C15H30N4O2S2/c1-13-10-14(2)12-18(11-13)15(16-3)17-4-9-23(20,21)19-5-7-22-8-6-19/h13-14H,4-12H2,1-3H3,(H,16,17). The largest absolute Gasteiger partial charge is 0.355 e. The first kappa shape index (κ1) is 18.9. The van der Waals surface area contributed by atoms with E-state index in [4.69, 9.17) is 0 Å². The van der Waals surface area contributed by atoms with Crippen LogP contribution in [0.2, 0.25) is 0 Å². The molecule has 0 radical (unpaired) electrons. The molecule has 0 aromatic rings. The van der Waals surface area contributed by atoms with Crippen molar-refractivity contribution in [3.05, 3.63) is 0 Å². The molecule has 0 saturated carbocycles. The lowest BCUT2D eigenvalue weighted by atomic mass is 9.92. The van der Waals surface area contributed by atoms with E-state index >= 15 is 0 Å². The molecule has 0 aromatic heterocycles. The summed E-state index contributed by atoms with van der Waals surface area (Å²) in [7, 11) is -1.39. The topological polar surface area (TPSA) is 65.0 Å². The van der Waals surface area contributed by atoms with Crippen LogP contribution in [0.4, 0.5) is 0 Å². The number of nitrogens with zero attached hydrogens (tertiary/aromatic N) is 3. The van der Waals surface area contributed by atoms with E-state index in [1.807, 2.05) is 11.8 Å². The van der Waals surface area contributed by atoms with Crippen LogP contribution < -0.4 is 5.32 Å². The summed E-state index contributed by atoms with van der Waals surface area (Å²) in [6.45, 7) is 8.19. The number of sulfonamides is 1. The number of likely N-dealkylation sites (tertiary alicyclic amines) is 1. The van der Waals surface area contributed by atoms with Gasteiger partial charge in [0.25, 0.3) is 0 Å². The van der Waals surface area contributed by atoms with Crippen LogP contribution in [0.15, 0.2) is 4.99 Å². The summed E-state index contributed by atoms with van der Waals surface area (Å²) in [6, 6.07) is 0. The number of rotatable bonds is 4. The molecule has 2 atom stereocenters. The first-order chi connectivity index (χ1) is 10.9. The van der Waals surface area contributed by atoms with Gasteiger partial charge >= 0.3 is 0 Å². The molecule has 2 unspecified atom stereocenters. The summed E-state index contributed by atoms with van der Waals surface area (Å²) in [5, 5.41) is 3.24. The summed E-state index contributed by atoms with van der Waals surface area (Å²) in [5.41, 5.74) is 0. The van der Waals surface area contributed by atoms with E-state index in [9.17, 15) is 8.42 Å². The van der Waals surface area contributed by atoms with Gasteiger partial charge in [0.1, 0.15) is 0 Å². The second-order valence-corrected chi connectivity index (χ2v) is 9.97. The van der Waals surface area contributed by atoms with E-state index in [1.54, 1.807) is 11.4 Å². The fraction of sp³-hybridized carbons (Fsp3) is 0.933. The smallest absolute Gasteiger partial charge is 0.215 e. The van der Waals surface area contributed by atoms with Crippen LogP contribution in [-0.4, -0.2) is 80.6 Å². The normalized spacial score (nSPS) is 28.0. The number of hydrogen-bond acceptors (Lipinski definition) is 4. The molecule has 0 aliphatic carbocycles. The molecule has 1 N–H and O–H groups in total. The van der Waals surface area contributed by atoms with E-state index in [0.717, 1.165) is 30.6 Å². The molecule has 0 aromatic carbocycles. The Kier molecular flexibility index (Phi) is 7.03. The highest BCUT2D eigenvalue weighted by molar-refractivity contribution is 7.99. The van der Waals surface area contributed by atoms with Crippen LogP contribution in [-0.2, 0) is 10.0 Å². The molecule has 2 saturated heterocycles. The Labute approximate surface area is 145 Å². The molecule has 2 fully saturated rings. The van der Waals surface area contributed by atoms with Crippen LogP contribution in [0, 0.1) is 11.8 Å². The minimum atomic E-state index is -3.16. The Balaban J connectivity index is 1.83. The van der Waals surface area contributed by atoms with E-state index in [-0.39, 0.29) is 5.75 Å². The maximum absolute atomic E-state index is 12.4. The maximum atomic E-state index is 12.4. The summed E-state index contributed by atoms with van der Waals surface area (Å²) in [5.74, 6) is 4.05. The predicted octanol–water partition coefficient (Wildman–Crippen LogP) is 0.918. The number of thioether (sulfide) groups is 1. The van der Waals surface area contributed by atoms with Crippen LogP contribution in [0.1, 0.15) is 20.3 Å². The summed E-state index contributed by atoms with van der Waals surface area (Å²) in [4.78, 5) is 6.59. The molecule has 0 spiro atoms. The van der Waals surface area contributed by atoms with Crippen molar-refractivity contribution in [1.29, 1.82) is 0 Å². The van der Waals surface area contributed by atoms with Crippen LogP contribution in [0.3, 0.4) is 0 Å². The molecule has 2 rings (SSSR count). The lowest BCUT2D eigenvalue weighted by molar-refractivity contribution is 0.209. The molecule has 2 heterocycles. The summed E-state index contributed by atoms with van der Waals surface area (Å²) in [6.07, 6.45) is 1.24. The van der Waals surface area contributed by atoms with Crippen molar-refractivity contribution in [2.75, 3.05) is 57.0 Å². The maximum Gasteiger partial charge on any atom is 0.215 e. The average Bonchev–Trinajstić information content (AvgIpc) is 2.51. The van der Waals surface area contributed by atoms with Crippen molar-refractivity contribution in [3.63, 3.8) is 0 Å². The number of hydrogen-bond donors (Lipinski definition) is 1. The zero-order chi connectivity index (χ0) is 16.9. The molecule has 8 heteroatoms. The summed E-state index contributed by atoms with van der Waals surface area (Å²) >= 11 is 1.82. The molecule has 23 heavy (non-hydrogen) atoms. The highest BCUT2D eigenvalue weighted by atomic mass is 32.2. The van der Waals surface area contributed by atoms with Crippen molar-refractivity contribution in [1.82, 2.24) is 14.5 Å². The number of nitrogens with one attached hydrogen (secondary N) is 1. The van der Waals surface area contributed by atoms with Gasteiger partial charge in [-0.1, -0.05) is 13.8 Å². The minimum Gasteiger partial charge on any atom is -0.355 e. The van der Waals surface area contributed by atoms with Crippen LogP contribution in [0.25, 0.3) is 0 Å². The van der Waals surface area contributed by atoms with E-state index in [2.05, 4.69) is 29.1 Å². The van der Waals surface area contributed by atoms with Gasteiger partial charge in [0, 0.05) is 51.3 Å². The Hall–Kier alpha value is -0.470. The molecule has 0 amide bonds. The lowest BCUT2D eigenvalue weighted by Gasteiger charge is -2.37. The van der Waals surface area contributed by atoms with Crippen LogP contribution >= 0.6 is 11.8 Å². The van der Waals surface area contributed by atoms with Gasteiger partial charge in [-0.15, -0.1) is 0 Å². The SMILES string of the molecule is CN=C(NCCS(=O)(=O)N1CCSCC1)N1CC(C)CC(C)C1. The second-order valence-electron chi connectivity index (χ2n) is 6.65. The molecule has 2 aliphatic heterocycles. The van der Waals surface area contributed by atoms with Crippen molar-refractivity contribution in [2.24, 2.45) is 16.8 Å². The Morgan fingerprint density at radius 2 is 1.83 bits per heavy atom. The zero-order valence-electron chi connectivity index (χ0n) is 14.5. The van der Waals surface area contributed by atoms with Gasteiger partial charge in [-0.3, -0.25) is 4.99 Å². The van der Waals surface area contributed by atoms with Crippen molar-refractivity contribution in [2.45, 2.75) is 20.3 Å². The van der Waals surface area contributed by atoms with E-state index < -0.39 is 10.0 Å². The van der Waals surface area contributed by atoms with Crippen LogP contribution in [0.5, 0.6) is 0 Å². The number of piperidine rings is 1. The highest BCUT2D eigenvalue weighted by Crippen LogP contribution is 2.20. The molecular formula is C15H30N4O2S2. The quantitative estimate of drug-likeness (QED) is 0.595. The third-order valence-electron chi connectivity index (χ3n) is 4.39. The Bertz CT molecular complexity index is 494. The van der Waals surface area contributed by atoms with Crippen molar-refractivity contribution >= 4 is 27.7 Å². The molecule has 134 valence electrons. The molecular weight excluding hydrogens is 332 g/mol. The van der Waals surface area contributed by atoms with Crippen molar-refractivity contribution in [3.8, 4) is 0 Å². The van der Waals surface area contributed by atoms with Gasteiger partial charge in [0.15, 0.2) is 5.96 Å². The average molecular weight is 363 g/mol. The monoisotopic (exact) mass is 362 g/mol.